The second-order valence-electron chi connectivity index (χ2n) is 4.12. The molecule has 1 aromatic rings. The topological polar surface area (TPSA) is 60.9 Å². The number of hydrogen-bond acceptors (Lipinski definition) is 3. The van der Waals surface area contributed by atoms with E-state index in [1.807, 2.05) is 18.5 Å². The summed E-state index contributed by atoms with van der Waals surface area (Å²) in [6.45, 7) is 5.42. The first-order valence-corrected chi connectivity index (χ1v) is 6.83. The molecule has 0 aliphatic rings. The second-order valence-corrected chi connectivity index (χ2v) is 4.92. The molecule has 0 amide bonds. The van der Waals surface area contributed by atoms with E-state index in [1.165, 1.54) is 0 Å². The first kappa shape index (κ1) is 14.4. The van der Waals surface area contributed by atoms with E-state index in [1.54, 1.807) is 0 Å². The predicted octanol–water partition coefficient (Wildman–Crippen LogP) is 2.21. The van der Waals surface area contributed by atoms with Crippen LogP contribution >= 0.6 is 15.9 Å². The second kappa shape index (κ2) is 6.91. The van der Waals surface area contributed by atoms with Crippen molar-refractivity contribution in [3.8, 4) is 0 Å². The third-order valence-electron chi connectivity index (χ3n) is 2.73. The number of carbonyl (C=O) groups is 1. The Morgan fingerprint density at radius 2 is 2.18 bits per heavy atom. The summed E-state index contributed by atoms with van der Waals surface area (Å²) in [6, 6.07) is 0. The van der Waals surface area contributed by atoms with Gasteiger partial charge in [-0.05, 0) is 49.2 Å². The van der Waals surface area contributed by atoms with Gasteiger partial charge in [-0.25, -0.2) is 0 Å². The van der Waals surface area contributed by atoms with E-state index in [2.05, 4.69) is 21.0 Å². The summed E-state index contributed by atoms with van der Waals surface area (Å²) < 4.78 is 2.85. The van der Waals surface area contributed by atoms with Gasteiger partial charge in [0.05, 0.1) is 15.9 Å². The lowest BCUT2D eigenvalue weighted by molar-refractivity contribution is -0.118. The largest absolute Gasteiger partial charge is 0.330 e. The van der Waals surface area contributed by atoms with E-state index in [4.69, 9.17) is 5.73 Å². The van der Waals surface area contributed by atoms with Crippen LogP contribution in [0.25, 0.3) is 0 Å². The minimum absolute atomic E-state index is 0.258. The third kappa shape index (κ3) is 3.92. The quantitative estimate of drug-likeness (QED) is 0.786. The monoisotopic (exact) mass is 301 g/mol. The number of nitrogens with two attached hydrogens (primary N) is 1. The molecule has 0 saturated heterocycles. The number of aromatic nitrogens is 2. The van der Waals surface area contributed by atoms with Gasteiger partial charge in [0, 0.05) is 19.4 Å². The van der Waals surface area contributed by atoms with Crippen molar-refractivity contribution in [2.24, 2.45) is 5.73 Å². The molecule has 0 unspecified atom stereocenters. The molecule has 0 aliphatic heterocycles. The molecular weight excluding hydrogens is 282 g/mol. The average Bonchev–Trinajstić information content (AvgIpc) is 2.57. The van der Waals surface area contributed by atoms with Crippen molar-refractivity contribution in [3.05, 3.63) is 15.9 Å². The van der Waals surface area contributed by atoms with Gasteiger partial charge < -0.3 is 5.73 Å². The lowest BCUT2D eigenvalue weighted by Crippen LogP contribution is -2.10. The van der Waals surface area contributed by atoms with Crippen LogP contribution < -0.4 is 5.73 Å². The summed E-state index contributed by atoms with van der Waals surface area (Å²) in [4.78, 5) is 11.8. The van der Waals surface area contributed by atoms with Crippen LogP contribution in [0.5, 0.6) is 0 Å². The van der Waals surface area contributed by atoms with Crippen molar-refractivity contribution in [1.82, 2.24) is 9.78 Å². The molecule has 5 heteroatoms. The van der Waals surface area contributed by atoms with Crippen LogP contribution in [0.15, 0.2) is 4.47 Å². The SMILES string of the molecule is CCn1nc(C)c(Br)c1CC(=O)CCCCN. The van der Waals surface area contributed by atoms with Gasteiger partial charge in [0.1, 0.15) is 5.78 Å². The van der Waals surface area contributed by atoms with E-state index in [9.17, 15) is 4.79 Å². The van der Waals surface area contributed by atoms with Crippen LogP contribution in [-0.4, -0.2) is 22.1 Å². The molecule has 0 spiro atoms. The van der Waals surface area contributed by atoms with E-state index >= 15 is 0 Å². The lowest BCUT2D eigenvalue weighted by Gasteiger charge is -2.04. The highest BCUT2D eigenvalue weighted by Crippen LogP contribution is 2.22. The van der Waals surface area contributed by atoms with Gasteiger partial charge in [-0.1, -0.05) is 0 Å². The number of aryl methyl sites for hydroxylation is 2. The Kier molecular flexibility index (Phi) is 5.85. The number of unbranched alkanes of at least 4 members (excludes halogenated alkanes) is 1. The van der Waals surface area contributed by atoms with Crippen LogP contribution in [-0.2, 0) is 17.8 Å². The van der Waals surface area contributed by atoms with E-state index in [-0.39, 0.29) is 5.78 Å². The van der Waals surface area contributed by atoms with Crippen LogP contribution in [0, 0.1) is 6.92 Å². The summed E-state index contributed by atoms with van der Waals surface area (Å²) >= 11 is 3.50. The molecule has 0 aliphatic carbocycles. The third-order valence-corrected chi connectivity index (χ3v) is 3.76. The number of carbonyl (C=O) groups excluding carboxylic acids is 1. The fourth-order valence-electron chi connectivity index (χ4n) is 1.78. The Morgan fingerprint density at radius 1 is 1.47 bits per heavy atom. The smallest absolute Gasteiger partial charge is 0.138 e. The number of Topliss-reactive ketones (excluding diaryl/α,β-unsaturated/α-hetero) is 1. The zero-order chi connectivity index (χ0) is 12.8. The maximum atomic E-state index is 11.8. The van der Waals surface area contributed by atoms with E-state index < -0.39 is 0 Å². The highest BCUT2D eigenvalue weighted by molar-refractivity contribution is 9.10. The van der Waals surface area contributed by atoms with Crippen molar-refractivity contribution >= 4 is 21.7 Å². The molecule has 2 N–H and O–H groups in total. The zero-order valence-corrected chi connectivity index (χ0v) is 12.1. The average molecular weight is 302 g/mol. The Balaban J connectivity index is 2.64. The standard InChI is InChI=1S/C12H20BrN3O/c1-3-16-11(12(13)9(2)15-16)8-10(17)6-4-5-7-14/h3-8,14H2,1-2H3. The Bertz CT molecular complexity index is 387. The van der Waals surface area contributed by atoms with Crippen molar-refractivity contribution in [3.63, 3.8) is 0 Å². The highest BCUT2D eigenvalue weighted by Gasteiger charge is 2.15. The van der Waals surface area contributed by atoms with Crippen molar-refractivity contribution in [2.45, 2.75) is 46.1 Å². The van der Waals surface area contributed by atoms with Gasteiger partial charge in [0.15, 0.2) is 0 Å². The molecule has 0 atom stereocenters. The molecule has 17 heavy (non-hydrogen) atoms. The van der Waals surface area contributed by atoms with Crippen LogP contribution in [0.1, 0.15) is 37.6 Å². The molecule has 4 nitrogen and oxygen atoms in total. The first-order chi connectivity index (χ1) is 8.10. The van der Waals surface area contributed by atoms with Gasteiger partial charge in [-0.2, -0.15) is 5.10 Å². The van der Waals surface area contributed by atoms with Crippen LogP contribution in [0.2, 0.25) is 0 Å². The highest BCUT2D eigenvalue weighted by atomic mass is 79.9. The van der Waals surface area contributed by atoms with Gasteiger partial charge in [0.25, 0.3) is 0 Å². The van der Waals surface area contributed by atoms with E-state index in [0.717, 1.165) is 35.2 Å². The fraction of sp³-hybridized carbons (Fsp3) is 0.667. The van der Waals surface area contributed by atoms with Gasteiger partial charge in [-0.3, -0.25) is 9.48 Å². The summed E-state index contributed by atoms with van der Waals surface area (Å²) in [6.07, 6.45) is 2.86. The van der Waals surface area contributed by atoms with Gasteiger partial charge in [-0.15, -0.1) is 0 Å². The number of halogens is 1. The number of hydrogen-bond donors (Lipinski definition) is 1. The Morgan fingerprint density at radius 3 is 2.76 bits per heavy atom. The maximum Gasteiger partial charge on any atom is 0.138 e. The Labute approximate surface area is 111 Å². The zero-order valence-electron chi connectivity index (χ0n) is 10.5. The summed E-state index contributed by atoms with van der Waals surface area (Å²) in [5.74, 6) is 0.258. The molecule has 1 aromatic heterocycles. The lowest BCUT2D eigenvalue weighted by atomic mass is 10.1. The minimum atomic E-state index is 0.258. The van der Waals surface area contributed by atoms with Crippen LogP contribution in [0.4, 0.5) is 0 Å². The Hall–Kier alpha value is -0.680. The maximum absolute atomic E-state index is 11.8. The number of rotatable bonds is 7. The summed E-state index contributed by atoms with van der Waals surface area (Å²) in [5.41, 5.74) is 7.34. The molecule has 0 radical (unpaired) electrons. The summed E-state index contributed by atoms with van der Waals surface area (Å²) in [7, 11) is 0. The van der Waals surface area contributed by atoms with Gasteiger partial charge in [0.2, 0.25) is 0 Å². The molecule has 0 fully saturated rings. The summed E-state index contributed by atoms with van der Waals surface area (Å²) in [5, 5.41) is 4.38. The molecular formula is C12H20BrN3O. The van der Waals surface area contributed by atoms with Crippen molar-refractivity contribution in [2.75, 3.05) is 6.54 Å². The minimum Gasteiger partial charge on any atom is -0.330 e. The predicted molar refractivity (Wildman–Crippen MR) is 72.0 cm³/mol. The molecule has 1 rings (SSSR count). The van der Waals surface area contributed by atoms with Crippen molar-refractivity contribution in [1.29, 1.82) is 0 Å². The van der Waals surface area contributed by atoms with Gasteiger partial charge >= 0.3 is 0 Å². The van der Waals surface area contributed by atoms with Crippen LogP contribution in [0.3, 0.4) is 0 Å². The number of ketones is 1. The van der Waals surface area contributed by atoms with E-state index in [0.29, 0.717) is 19.4 Å². The fourth-order valence-corrected chi connectivity index (χ4v) is 2.20. The van der Waals surface area contributed by atoms with Crippen molar-refractivity contribution < 1.29 is 4.79 Å². The molecule has 0 saturated carbocycles. The number of nitrogens with zero attached hydrogens (tertiary/aromatic N) is 2. The first-order valence-electron chi connectivity index (χ1n) is 6.03. The normalized spacial score (nSPS) is 10.8. The molecule has 96 valence electrons. The molecule has 0 bridgehead atoms. The molecule has 1 heterocycles. The molecule has 0 aromatic carbocycles.